The van der Waals surface area contributed by atoms with Crippen molar-refractivity contribution in [3.8, 4) is 6.07 Å². The minimum absolute atomic E-state index is 0.0104. The minimum Gasteiger partial charge on any atom is -0.311 e. The molecular formula is C25H27N5O3S. The van der Waals surface area contributed by atoms with Gasteiger partial charge in [0.1, 0.15) is 11.9 Å². The molecule has 0 aliphatic carbocycles. The number of hydrogen-bond donors (Lipinski definition) is 1. The first-order valence-electron chi connectivity index (χ1n) is 11.3. The lowest BCUT2D eigenvalue weighted by Crippen LogP contribution is -2.41. The molecule has 0 spiro atoms. The lowest BCUT2D eigenvalue weighted by Gasteiger charge is -2.30. The molecule has 0 saturated carbocycles. The number of sulfonamides is 1. The quantitative estimate of drug-likeness (QED) is 0.561. The molecule has 1 aliphatic rings. The van der Waals surface area contributed by atoms with E-state index in [1.54, 1.807) is 29.1 Å². The Morgan fingerprint density at radius 3 is 2.44 bits per heavy atom. The van der Waals surface area contributed by atoms with Gasteiger partial charge < -0.3 is 5.32 Å². The van der Waals surface area contributed by atoms with Gasteiger partial charge in [-0.2, -0.15) is 14.7 Å². The number of hydrogen-bond acceptors (Lipinski definition) is 5. The molecule has 2 heterocycles. The number of aryl methyl sites for hydroxylation is 1. The summed E-state index contributed by atoms with van der Waals surface area (Å²) in [6.07, 6.45) is 3.45. The molecule has 1 amide bonds. The number of rotatable bonds is 7. The van der Waals surface area contributed by atoms with Gasteiger partial charge in [-0.15, -0.1) is 0 Å². The van der Waals surface area contributed by atoms with Gasteiger partial charge in [0.15, 0.2) is 0 Å². The van der Waals surface area contributed by atoms with Crippen LogP contribution in [0.25, 0.3) is 0 Å². The van der Waals surface area contributed by atoms with Crippen LogP contribution in [0.5, 0.6) is 0 Å². The molecule has 1 N–H and O–H groups in total. The smallest absolute Gasteiger partial charge is 0.244 e. The van der Waals surface area contributed by atoms with Gasteiger partial charge in [0.25, 0.3) is 0 Å². The largest absolute Gasteiger partial charge is 0.311 e. The third-order valence-electron chi connectivity index (χ3n) is 6.18. The third kappa shape index (κ3) is 5.03. The summed E-state index contributed by atoms with van der Waals surface area (Å²) < 4.78 is 29.1. The zero-order chi connectivity index (χ0) is 24.1. The van der Waals surface area contributed by atoms with Gasteiger partial charge in [-0.1, -0.05) is 43.3 Å². The second-order valence-electron chi connectivity index (χ2n) is 8.32. The molecule has 3 aromatic rings. The molecule has 0 atom stereocenters. The van der Waals surface area contributed by atoms with Crippen LogP contribution in [0.3, 0.4) is 0 Å². The number of nitriles is 1. The van der Waals surface area contributed by atoms with Crippen LogP contribution in [-0.2, 0) is 27.8 Å². The first-order chi connectivity index (χ1) is 16.4. The van der Waals surface area contributed by atoms with Crippen LogP contribution < -0.4 is 5.32 Å². The Morgan fingerprint density at radius 2 is 1.76 bits per heavy atom. The lowest BCUT2D eigenvalue weighted by molar-refractivity contribution is -0.121. The molecule has 1 saturated heterocycles. The summed E-state index contributed by atoms with van der Waals surface area (Å²) in [5, 5.41) is 16.6. The van der Waals surface area contributed by atoms with Gasteiger partial charge in [0.2, 0.25) is 15.9 Å². The summed E-state index contributed by atoms with van der Waals surface area (Å²) in [6, 6.07) is 18.2. The second kappa shape index (κ2) is 10.2. The van der Waals surface area contributed by atoms with Crippen LogP contribution in [0.4, 0.5) is 5.82 Å². The SMILES string of the molecule is CCc1ccc(Cn2nccc2NC(=O)C2CCN(S(=O)(=O)c3ccccc3C#N)CC2)cc1. The van der Waals surface area contributed by atoms with E-state index in [1.807, 2.05) is 6.07 Å². The molecule has 8 nitrogen and oxygen atoms in total. The average Bonchev–Trinajstić information content (AvgIpc) is 3.30. The summed E-state index contributed by atoms with van der Waals surface area (Å²) in [7, 11) is -3.79. The maximum Gasteiger partial charge on any atom is 0.244 e. The fourth-order valence-electron chi connectivity index (χ4n) is 4.13. The standard InChI is InChI=1S/C25H27N5O3S/c1-2-19-7-9-20(10-8-19)18-30-24(11-14-27-30)28-25(31)21-12-15-29(16-13-21)34(32,33)23-6-4-3-5-22(23)17-26/h3-11,14,21H,2,12-13,15-16,18H2,1H3,(H,28,31). The van der Waals surface area contributed by atoms with Crippen molar-refractivity contribution in [3.63, 3.8) is 0 Å². The predicted octanol–water partition coefficient (Wildman–Crippen LogP) is 3.40. The van der Waals surface area contributed by atoms with E-state index >= 15 is 0 Å². The summed E-state index contributed by atoms with van der Waals surface area (Å²) in [4.78, 5) is 12.9. The molecule has 0 bridgehead atoms. The molecule has 176 valence electrons. The summed E-state index contributed by atoms with van der Waals surface area (Å²) in [5.41, 5.74) is 2.48. The Kier molecular flexibility index (Phi) is 7.10. The van der Waals surface area contributed by atoms with Crippen molar-refractivity contribution in [3.05, 3.63) is 77.5 Å². The number of nitrogens with one attached hydrogen (secondary N) is 1. The van der Waals surface area contributed by atoms with E-state index in [0.29, 0.717) is 25.2 Å². The molecule has 2 aromatic carbocycles. The fourth-order valence-corrected chi connectivity index (χ4v) is 5.74. The van der Waals surface area contributed by atoms with Crippen molar-refractivity contribution in [2.75, 3.05) is 18.4 Å². The van der Waals surface area contributed by atoms with E-state index in [2.05, 4.69) is 41.6 Å². The van der Waals surface area contributed by atoms with Gasteiger partial charge in [0, 0.05) is 25.1 Å². The number of anilines is 1. The van der Waals surface area contributed by atoms with E-state index in [-0.39, 0.29) is 35.4 Å². The molecular weight excluding hydrogens is 450 g/mol. The summed E-state index contributed by atoms with van der Waals surface area (Å²) in [6.45, 7) is 3.11. The zero-order valence-corrected chi connectivity index (χ0v) is 19.8. The minimum atomic E-state index is -3.79. The van der Waals surface area contributed by atoms with Crippen LogP contribution in [-0.4, -0.2) is 41.5 Å². The van der Waals surface area contributed by atoms with E-state index in [4.69, 9.17) is 0 Å². The summed E-state index contributed by atoms with van der Waals surface area (Å²) in [5.74, 6) is 0.171. The number of nitrogens with zero attached hydrogens (tertiary/aromatic N) is 4. The maximum atomic E-state index is 13.0. The Labute approximate surface area is 199 Å². The van der Waals surface area contributed by atoms with Crippen LogP contribution in [0.1, 0.15) is 36.5 Å². The molecule has 4 rings (SSSR count). The van der Waals surface area contributed by atoms with Gasteiger partial charge in [-0.05, 0) is 42.5 Å². The number of carbonyl (C=O) groups excluding carboxylic acids is 1. The van der Waals surface area contributed by atoms with Gasteiger partial charge in [-0.3, -0.25) is 4.79 Å². The highest BCUT2D eigenvalue weighted by molar-refractivity contribution is 7.89. The van der Waals surface area contributed by atoms with E-state index < -0.39 is 10.0 Å². The van der Waals surface area contributed by atoms with Crippen LogP contribution in [0.15, 0.2) is 65.7 Å². The van der Waals surface area contributed by atoms with E-state index in [1.165, 1.54) is 22.0 Å². The number of carbonyl (C=O) groups is 1. The topological polar surface area (TPSA) is 108 Å². The molecule has 0 radical (unpaired) electrons. The monoisotopic (exact) mass is 477 g/mol. The van der Waals surface area contributed by atoms with Gasteiger partial charge in [0.05, 0.1) is 23.2 Å². The van der Waals surface area contributed by atoms with Crippen molar-refractivity contribution in [1.29, 1.82) is 5.26 Å². The lowest BCUT2D eigenvalue weighted by atomic mass is 9.97. The number of amides is 1. The first kappa shape index (κ1) is 23.7. The number of piperidine rings is 1. The molecule has 1 fully saturated rings. The zero-order valence-electron chi connectivity index (χ0n) is 19.0. The summed E-state index contributed by atoms with van der Waals surface area (Å²) >= 11 is 0. The molecule has 1 aromatic heterocycles. The first-order valence-corrected chi connectivity index (χ1v) is 12.8. The highest BCUT2D eigenvalue weighted by Gasteiger charge is 2.33. The van der Waals surface area contributed by atoms with Gasteiger partial charge in [-0.25, -0.2) is 13.1 Å². The van der Waals surface area contributed by atoms with E-state index in [0.717, 1.165) is 12.0 Å². The normalized spacial score (nSPS) is 15.1. The maximum absolute atomic E-state index is 13.0. The Balaban J connectivity index is 1.37. The third-order valence-corrected chi connectivity index (χ3v) is 8.14. The fraction of sp³-hybridized carbons (Fsp3) is 0.320. The Bertz CT molecular complexity index is 1300. The highest BCUT2D eigenvalue weighted by atomic mass is 32.2. The Morgan fingerprint density at radius 1 is 1.09 bits per heavy atom. The van der Waals surface area contributed by atoms with Crippen molar-refractivity contribution in [2.24, 2.45) is 5.92 Å². The second-order valence-corrected chi connectivity index (χ2v) is 10.2. The van der Waals surface area contributed by atoms with Crippen LogP contribution in [0, 0.1) is 17.2 Å². The highest BCUT2D eigenvalue weighted by Crippen LogP contribution is 2.26. The molecule has 0 unspecified atom stereocenters. The number of aromatic nitrogens is 2. The van der Waals surface area contributed by atoms with Crippen LogP contribution >= 0.6 is 0 Å². The van der Waals surface area contributed by atoms with Crippen LogP contribution in [0.2, 0.25) is 0 Å². The van der Waals surface area contributed by atoms with E-state index in [9.17, 15) is 18.5 Å². The predicted molar refractivity (Wildman–Crippen MR) is 128 cm³/mol. The van der Waals surface area contributed by atoms with Crippen molar-refractivity contribution >= 4 is 21.7 Å². The van der Waals surface area contributed by atoms with Crippen molar-refractivity contribution in [2.45, 2.75) is 37.6 Å². The molecule has 9 heteroatoms. The van der Waals surface area contributed by atoms with Crippen molar-refractivity contribution < 1.29 is 13.2 Å². The Hall–Kier alpha value is -3.48. The number of benzene rings is 2. The average molecular weight is 478 g/mol. The molecule has 34 heavy (non-hydrogen) atoms. The van der Waals surface area contributed by atoms with Crippen molar-refractivity contribution in [1.82, 2.24) is 14.1 Å². The molecule has 1 aliphatic heterocycles. The van der Waals surface area contributed by atoms with Gasteiger partial charge >= 0.3 is 0 Å².